The van der Waals surface area contributed by atoms with Crippen LogP contribution in [0, 0.1) is 0 Å². The highest BCUT2D eigenvalue weighted by Gasteiger charge is 2.23. The number of nitrogens with zero attached hydrogens (tertiary/aromatic N) is 4. The lowest BCUT2D eigenvalue weighted by molar-refractivity contribution is 0.363. The summed E-state index contributed by atoms with van der Waals surface area (Å²) in [6, 6.07) is 7.98. The number of para-hydroxylation sites is 1. The number of nitrogens with two attached hydrogens (primary N) is 1. The second-order valence-corrected chi connectivity index (χ2v) is 6.92. The minimum Gasteiger partial charge on any atom is -0.464 e. The first kappa shape index (κ1) is 14.7. The molecule has 0 bridgehead atoms. The van der Waals surface area contributed by atoms with E-state index in [0.29, 0.717) is 12.2 Å². The number of rotatable bonds is 2. The molecule has 2 N–H and O–H groups in total. The van der Waals surface area contributed by atoms with Crippen molar-refractivity contribution in [2.24, 2.45) is 0 Å². The van der Waals surface area contributed by atoms with Crippen molar-refractivity contribution in [2.75, 3.05) is 5.73 Å². The van der Waals surface area contributed by atoms with Crippen molar-refractivity contribution in [3.8, 4) is 0 Å². The van der Waals surface area contributed by atoms with Crippen LogP contribution in [0.2, 0.25) is 0 Å². The first-order valence-corrected chi connectivity index (χ1v) is 7.89. The van der Waals surface area contributed by atoms with E-state index in [9.17, 15) is 0 Å². The van der Waals surface area contributed by atoms with Crippen LogP contribution in [-0.2, 0) is 12.0 Å². The van der Waals surface area contributed by atoms with Crippen LogP contribution in [0.15, 0.2) is 41.3 Å². The first-order chi connectivity index (χ1) is 11.4. The number of anilines is 1. The van der Waals surface area contributed by atoms with Crippen molar-refractivity contribution >= 4 is 27.8 Å². The molecule has 4 aromatic rings. The summed E-state index contributed by atoms with van der Waals surface area (Å²) >= 11 is 0. The summed E-state index contributed by atoms with van der Waals surface area (Å²) in [6.07, 6.45) is 3.89. The zero-order valence-corrected chi connectivity index (χ0v) is 13.9. The van der Waals surface area contributed by atoms with Gasteiger partial charge in [-0.1, -0.05) is 18.2 Å². The molecule has 6 heteroatoms. The average Bonchev–Trinajstić information content (AvgIpc) is 3.11. The molecule has 3 heterocycles. The molecule has 3 aromatic heterocycles. The average molecular weight is 321 g/mol. The molecule has 6 nitrogen and oxygen atoms in total. The third-order valence-corrected chi connectivity index (χ3v) is 4.12. The number of fused-ring (bicyclic) bond motifs is 2. The van der Waals surface area contributed by atoms with Gasteiger partial charge in [0, 0.05) is 17.4 Å². The van der Waals surface area contributed by atoms with E-state index in [1.54, 1.807) is 6.26 Å². The number of hydrogen-bond acceptors (Lipinski definition) is 5. The van der Waals surface area contributed by atoms with E-state index in [1.165, 1.54) is 6.33 Å². The van der Waals surface area contributed by atoms with Gasteiger partial charge in [-0.3, -0.25) is 0 Å². The lowest BCUT2D eigenvalue weighted by Gasteiger charge is -2.19. The standard InChI is InChI=1S/C18H19N5O/c1-18(2,3)23-17-15(16(19)20-10-21-17)13(22-23)8-11-9-24-14-7-5-4-6-12(11)14/h4-7,9-10H,8H2,1-3H3,(H2,19,20,21). The fourth-order valence-corrected chi connectivity index (χ4v) is 2.99. The first-order valence-electron chi connectivity index (χ1n) is 7.89. The zero-order valence-electron chi connectivity index (χ0n) is 13.9. The molecule has 1 aromatic carbocycles. The van der Waals surface area contributed by atoms with Crippen LogP contribution in [0.3, 0.4) is 0 Å². The van der Waals surface area contributed by atoms with Crippen LogP contribution in [-0.4, -0.2) is 19.7 Å². The number of benzene rings is 1. The monoisotopic (exact) mass is 321 g/mol. The molecule has 24 heavy (non-hydrogen) atoms. The highest BCUT2D eigenvalue weighted by Crippen LogP contribution is 2.30. The topological polar surface area (TPSA) is 82.8 Å². The van der Waals surface area contributed by atoms with Gasteiger partial charge in [-0.05, 0) is 26.8 Å². The van der Waals surface area contributed by atoms with Gasteiger partial charge >= 0.3 is 0 Å². The minimum absolute atomic E-state index is 0.199. The maximum absolute atomic E-state index is 6.13. The highest BCUT2D eigenvalue weighted by atomic mass is 16.3. The summed E-state index contributed by atoms with van der Waals surface area (Å²) < 4.78 is 7.56. The van der Waals surface area contributed by atoms with Gasteiger partial charge in [0.2, 0.25) is 0 Å². The van der Waals surface area contributed by atoms with Gasteiger partial charge in [0.05, 0.1) is 22.9 Å². The number of nitrogen functional groups attached to an aromatic ring is 1. The molecular weight excluding hydrogens is 302 g/mol. The van der Waals surface area contributed by atoms with E-state index in [2.05, 4.69) is 36.8 Å². The van der Waals surface area contributed by atoms with Gasteiger partial charge in [-0.25, -0.2) is 14.6 Å². The fraction of sp³-hybridized carbons (Fsp3) is 0.278. The van der Waals surface area contributed by atoms with Crippen molar-refractivity contribution in [3.63, 3.8) is 0 Å². The van der Waals surface area contributed by atoms with E-state index in [1.807, 2.05) is 22.9 Å². The summed E-state index contributed by atoms with van der Waals surface area (Å²) in [4.78, 5) is 8.55. The molecule has 0 aliphatic heterocycles. The van der Waals surface area contributed by atoms with Crippen molar-refractivity contribution in [1.29, 1.82) is 0 Å². The summed E-state index contributed by atoms with van der Waals surface area (Å²) in [7, 11) is 0. The van der Waals surface area contributed by atoms with Gasteiger partial charge in [0.15, 0.2) is 5.65 Å². The fourth-order valence-electron chi connectivity index (χ4n) is 2.99. The Hall–Kier alpha value is -2.89. The van der Waals surface area contributed by atoms with Crippen molar-refractivity contribution < 1.29 is 4.42 Å². The minimum atomic E-state index is -0.199. The lowest BCUT2D eigenvalue weighted by Crippen LogP contribution is -2.23. The highest BCUT2D eigenvalue weighted by molar-refractivity contribution is 5.89. The Bertz CT molecular complexity index is 1040. The van der Waals surface area contributed by atoms with E-state index < -0.39 is 0 Å². The van der Waals surface area contributed by atoms with Gasteiger partial charge in [-0.15, -0.1) is 0 Å². The van der Waals surface area contributed by atoms with Crippen LogP contribution < -0.4 is 5.73 Å². The van der Waals surface area contributed by atoms with E-state index in [-0.39, 0.29) is 5.54 Å². The second kappa shape index (κ2) is 5.06. The molecule has 0 amide bonds. The third kappa shape index (κ3) is 2.22. The predicted molar refractivity (Wildman–Crippen MR) is 93.8 cm³/mol. The summed E-state index contributed by atoms with van der Waals surface area (Å²) in [5.41, 5.74) is 9.51. The molecule has 0 radical (unpaired) electrons. The summed E-state index contributed by atoms with van der Waals surface area (Å²) in [5.74, 6) is 0.457. The van der Waals surface area contributed by atoms with E-state index in [4.69, 9.17) is 15.2 Å². The Labute approximate surface area is 139 Å². The molecule has 0 spiro atoms. The molecule has 0 fully saturated rings. The van der Waals surface area contributed by atoms with Crippen LogP contribution in [0.4, 0.5) is 5.82 Å². The Balaban J connectivity index is 1.91. The van der Waals surface area contributed by atoms with Crippen molar-refractivity contribution in [2.45, 2.75) is 32.7 Å². The van der Waals surface area contributed by atoms with Gasteiger partial charge < -0.3 is 10.2 Å². The van der Waals surface area contributed by atoms with Gasteiger partial charge in [-0.2, -0.15) is 5.10 Å². The number of hydrogen-bond donors (Lipinski definition) is 1. The lowest BCUT2D eigenvalue weighted by atomic mass is 10.1. The molecule has 0 saturated heterocycles. The normalized spacial score (nSPS) is 12.3. The largest absolute Gasteiger partial charge is 0.464 e. The molecule has 0 aliphatic carbocycles. The third-order valence-electron chi connectivity index (χ3n) is 4.12. The quantitative estimate of drug-likeness (QED) is 0.611. The summed E-state index contributed by atoms with van der Waals surface area (Å²) in [6.45, 7) is 6.28. The smallest absolute Gasteiger partial charge is 0.164 e. The maximum Gasteiger partial charge on any atom is 0.164 e. The summed E-state index contributed by atoms with van der Waals surface area (Å²) in [5, 5.41) is 6.70. The maximum atomic E-state index is 6.13. The molecule has 4 rings (SSSR count). The Kier molecular flexibility index (Phi) is 3.09. The molecule has 0 atom stereocenters. The van der Waals surface area contributed by atoms with E-state index in [0.717, 1.165) is 33.3 Å². The SMILES string of the molecule is CC(C)(C)n1nc(Cc2coc3ccccc23)c2c(N)ncnc21. The van der Waals surface area contributed by atoms with Crippen LogP contribution in [0.1, 0.15) is 32.0 Å². The molecule has 0 aliphatic rings. The zero-order chi connectivity index (χ0) is 16.9. The molecule has 0 saturated carbocycles. The van der Waals surface area contributed by atoms with Gasteiger partial charge in [0.25, 0.3) is 0 Å². The number of furan rings is 1. The Morgan fingerprint density at radius 1 is 1.17 bits per heavy atom. The Morgan fingerprint density at radius 2 is 1.96 bits per heavy atom. The van der Waals surface area contributed by atoms with Gasteiger partial charge in [0.1, 0.15) is 17.7 Å². The van der Waals surface area contributed by atoms with Crippen LogP contribution in [0.25, 0.3) is 22.0 Å². The van der Waals surface area contributed by atoms with Crippen molar-refractivity contribution in [1.82, 2.24) is 19.7 Å². The Morgan fingerprint density at radius 3 is 2.75 bits per heavy atom. The predicted octanol–water partition coefficient (Wildman–Crippen LogP) is 3.50. The van der Waals surface area contributed by atoms with Crippen molar-refractivity contribution in [3.05, 3.63) is 48.1 Å². The van der Waals surface area contributed by atoms with Crippen LogP contribution >= 0.6 is 0 Å². The number of aromatic nitrogens is 4. The molecule has 122 valence electrons. The van der Waals surface area contributed by atoms with E-state index >= 15 is 0 Å². The second-order valence-electron chi connectivity index (χ2n) is 6.92. The molecular formula is C18H19N5O. The van der Waals surface area contributed by atoms with Crippen LogP contribution in [0.5, 0.6) is 0 Å². The molecule has 0 unspecified atom stereocenters.